The molecule has 0 unspecified atom stereocenters. The number of pyridine rings is 1. The zero-order valence-electron chi connectivity index (χ0n) is 6.54. The summed E-state index contributed by atoms with van der Waals surface area (Å²) >= 11 is 0. The van der Waals surface area contributed by atoms with E-state index in [-0.39, 0.29) is 11.1 Å². The molecule has 0 fully saturated rings. The van der Waals surface area contributed by atoms with E-state index < -0.39 is 11.7 Å². The van der Waals surface area contributed by atoms with E-state index in [9.17, 15) is 9.18 Å². The van der Waals surface area contributed by atoms with Crippen molar-refractivity contribution < 1.29 is 9.18 Å². The van der Waals surface area contributed by atoms with Crippen LogP contribution in [0.5, 0.6) is 0 Å². The number of carbonyl (C=O) groups excluding carboxylic acids is 1. The summed E-state index contributed by atoms with van der Waals surface area (Å²) in [7, 11) is 0. The molecule has 0 radical (unpaired) electrons. The first-order valence-electron chi connectivity index (χ1n) is 3.61. The molecule has 13 heavy (non-hydrogen) atoms. The normalized spacial score (nSPS) is 10.5. The van der Waals surface area contributed by atoms with Gasteiger partial charge in [0, 0.05) is 6.20 Å². The highest BCUT2D eigenvalue weighted by Gasteiger charge is 2.08. The van der Waals surface area contributed by atoms with Crippen LogP contribution >= 0.6 is 0 Å². The average molecular weight is 179 g/mol. The van der Waals surface area contributed by atoms with Gasteiger partial charge in [-0.25, -0.2) is 9.37 Å². The molecule has 5 heteroatoms. The van der Waals surface area contributed by atoms with Gasteiger partial charge in [-0.05, 0) is 12.1 Å². The van der Waals surface area contributed by atoms with Crippen LogP contribution in [0.15, 0.2) is 18.3 Å². The number of hydrogen-bond acceptors (Lipinski definition) is 2. The number of aromatic nitrogens is 2. The van der Waals surface area contributed by atoms with E-state index in [1.807, 2.05) is 0 Å². The van der Waals surface area contributed by atoms with E-state index in [1.165, 1.54) is 18.3 Å². The van der Waals surface area contributed by atoms with Gasteiger partial charge in [-0.2, -0.15) is 0 Å². The number of nitrogens with zero attached hydrogens (tertiary/aromatic N) is 1. The Labute approximate surface area is 72.6 Å². The van der Waals surface area contributed by atoms with Crippen LogP contribution in [0.2, 0.25) is 0 Å². The molecule has 66 valence electrons. The number of amides is 1. The molecule has 0 aliphatic carbocycles. The van der Waals surface area contributed by atoms with Crippen LogP contribution < -0.4 is 5.73 Å². The number of hydrogen-bond donors (Lipinski definition) is 2. The third-order valence-corrected chi connectivity index (χ3v) is 1.74. The van der Waals surface area contributed by atoms with Gasteiger partial charge < -0.3 is 10.7 Å². The van der Waals surface area contributed by atoms with Crippen molar-refractivity contribution in [3.8, 4) is 0 Å². The van der Waals surface area contributed by atoms with Crippen LogP contribution in [0, 0.1) is 5.82 Å². The SMILES string of the molecule is NC(=O)c1cc2c(F)ccnc2[nH]1. The lowest BCUT2D eigenvalue weighted by molar-refractivity contribution is 0.0996. The van der Waals surface area contributed by atoms with E-state index in [0.29, 0.717) is 5.65 Å². The maximum atomic E-state index is 13.1. The zero-order chi connectivity index (χ0) is 9.42. The van der Waals surface area contributed by atoms with Gasteiger partial charge in [-0.3, -0.25) is 4.79 Å². The summed E-state index contributed by atoms with van der Waals surface area (Å²) in [6.07, 6.45) is 1.32. The molecule has 2 aromatic rings. The molecule has 0 aromatic carbocycles. The highest BCUT2D eigenvalue weighted by molar-refractivity contribution is 5.96. The minimum absolute atomic E-state index is 0.160. The predicted molar refractivity (Wildman–Crippen MR) is 44.6 cm³/mol. The quantitative estimate of drug-likeness (QED) is 0.679. The molecule has 0 saturated heterocycles. The molecule has 2 heterocycles. The number of H-pyrrole nitrogens is 1. The molecule has 0 bridgehead atoms. The Hall–Kier alpha value is -1.91. The Kier molecular flexibility index (Phi) is 1.51. The molecule has 0 aliphatic rings. The Morgan fingerprint density at radius 3 is 3.00 bits per heavy atom. The van der Waals surface area contributed by atoms with Crippen molar-refractivity contribution in [3.63, 3.8) is 0 Å². The predicted octanol–water partition coefficient (Wildman–Crippen LogP) is 0.801. The fourth-order valence-electron chi connectivity index (χ4n) is 1.13. The number of fused-ring (bicyclic) bond motifs is 1. The number of primary amides is 1. The van der Waals surface area contributed by atoms with Crippen molar-refractivity contribution in [2.75, 3.05) is 0 Å². The third kappa shape index (κ3) is 1.14. The summed E-state index contributed by atoms with van der Waals surface area (Å²) < 4.78 is 13.1. The van der Waals surface area contributed by atoms with Crippen LogP contribution in [0.1, 0.15) is 10.5 Å². The van der Waals surface area contributed by atoms with Crippen molar-refractivity contribution in [2.24, 2.45) is 5.73 Å². The van der Waals surface area contributed by atoms with E-state index in [2.05, 4.69) is 9.97 Å². The van der Waals surface area contributed by atoms with Crippen molar-refractivity contribution in [1.82, 2.24) is 9.97 Å². The maximum Gasteiger partial charge on any atom is 0.265 e. The van der Waals surface area contributed by atoms with Gasteiger partial charge in [0.05, 0.1) is 5.39 Å². The van der Waals surface area contributed by atoms with Gasteiger partial charge in [0.15, 0.2) is 0 Å². The summed E-state index contributed by atoms with van der Waals surface area (Å²) in [5.41, 5.74) is 5.49. The third-order valence-electron chi connectivity index (χ3n) is 1.74. The minimum Gasteiger partial charge on any atom is -0.364 e. The molecule has 1 amide bonds. The summed E-state index contributed by atoms with van der Waals surface area (Å²) in [4.78, 5) is 17.2. The number of rotatable bonds is 1. The topological polar surface area (TPSA) is 71.8 Å². The van der Waals surface area contributed by atoms with Crippen LogP contribution in [-0.2, 0) is 0 Å². The second kappa shape index (κ2) is 2.55. The number of halogens is 1. The van der Waals surface area contributed by atoms with Crippen LogP contribution in [0.25, 0.3) is 11.0 Å². The Bertz CT molecular complexity index is 477. The van der Waals surface area contributed by atoms with Crippen LogP contribution in [0.3, 0.4) is 0 Å². The fourth-order valence-corrected chi connectivity index (χ4v) is 1.13. The van der Waals surface area contributed by atoms with Gasteiger partial charge >= 0.3 is 0 Å². The monoisotopic (exact) mass is 179 g/mol. The number of nitrogens with one attached hydrogen (secondary N) is 1. The summed E-state index contributed by atoms with van der Waals surface area (Å²) in [5, 5.41) is 0.274. The Balaban J connectivity index is 2.75. The van der Waals surface area contributed by atoms with Gasteiger partial charge in [0.25, 0.3) is 5.91 Å². The molecule has 2 rings (SSSR count). The van der Waals surface area contributed by atoms with Gasteiger partial charge in [-0.15, -0.1) is 0 Å². The second-order valence-electron chi connectivity index (χ2n) is 2.60. The first-order chi connectivity index (χ1) is 6.18. The lowest BCUT2D eigenvalue weighted by atomic mass is 10.3. The number of nitrogens with two attached hydrogens (primary N) is 1. The highest BCUT2D eigenvalue weighted by atomic mass is 19.1. The molecule has 4 nitrogen and oxygen atoms in total. The maximum absolute atomic E-state index is 13.1. The summed E-state index contributed by atoms with van der Waals surface area (Å²) in [6, 6.07) is 2.57. The van der Waals surface area contributed by atoms with E-state index >= 15 is 0 Å². The Morgan fingerprint density at radius 2 is 2.38 bits per heavy atom. The standard InChI is InChI=1S/C8H6FN3O/c9-5-1-2-11-8-4(5)3-6(12-8)7(10)13/h1-3H,(H2,10,13)(H,11,12). The molecule has 2 aromatic heterocycles. The number of aromatic amines is 1. The van der Waals surface area contributed by atoms with Gasteiger partial charge in [-0.1, -0.05) is 0 Å². The second-order valence-corrected chi connectivity index (χ2v) is 2.60. The van der Waals surface area contributed by atoms with Crippen LogP contribution in [0.4, 0.5) is 4.39 Å². The summed E-state index contributed by atoms with van der Waals surface area (Å²) in [6.45, 7) is 0. The lowest BCUT2D eigenvalue weighted by Crippen LogP contribution is -2.10. The molecule has 3 N–H and O–H groups in total. The van der Waals surface area contributed by atoms with Crippen molar-refractivity contribution in [3.05, 3.63) is 29.8 Å². The van der Waals surface area contributed by atoms with Gasteiger partial charge in [0.1, 0.15) is 17.2 Å². The first-order valence-corrected chi connectivity index (χ1v) is 3.61. The Morgan fingerprint density at radius 1 is 1.62 bits per heavy atom. The van der Waals surface area contributed by atoms with Crippen molar-refractivity contribution >= 4 is 16.9 Å². The lowest BCUT2D eigenvalue weighted by Gasteiger charge is -1.87. The van der Waals surface area contributed by atoms with Crippen molar-refractivity contribution in [2.45, 2.75) is 0 Å². The average Bonchev–Trinajstić information content (AvgIpc) is 2.49. The largest absolute Gasteiger partial charge is 0.364 e. The highest BCUT2D eigenvalue weighted by Crippen LogP contribution is 2.15. The molecular weight excluding hydrogens is 173 g/mol. The van der Waals surface area contributed by atoms with E-state index in [4.69, 9.17) is 5.73 Å². The van der Waals surface area contributed by atoms with Gasteiger partial charge in [0.2, 0.25) is 0 Å². The minimum atomic E-state index is -0.627. The molecule has 0 spiro atoms. The summed E-state index contributed by atoms with van der Waals surface area (Å²) in [5.74, 6) is -1.05. The number of carbonyl (C=O) groups is 1. The molecule has 0 saturated carbocycles. The first kappa shape index (κ1) is 7.72. The molecule has 0 aliphatic heterocycles. The fraction of sp³-hybridized carbons (Fsp3) is 0. The van der Waals surface area contributed by atoms with Crippen molar-refractivity contribution in [1.29, 1.82) is 0 Å². The van der Waals surface area contributed by atoms with E-state index in [0.717, 1.165) is 0 Å². The van der Waals surface area contributed by atoms with Crippen LogP contribution in [-0.4, -0.2) is 15.9 Å². The zero-order valence-corrected chi connectivity index (χ0v) is 6.54. The van der Waals surface area contributed by atoms with E-state index in [1.54, 1.807) is 0 Å². The smallest absolute Gasteiger partial charge is 0.265 e. The molecular formula is C8H6FN3O. The molecule has 0 atom stereocenters.